The van der Waals surface area contributed by atoms with Gasteiger partial charge in [-0.2, -0.15) is 11.8 Å². The molecular weight excluding hydrogens is 487 g/mol. The van der Waals surface area contributed by atoms with E-state index in [1.54, 1.807) is 62.0 Å². The third-order valence-corrected chi connectivity index (χ3v) is 7.51. The van der Waals surface area contributed by atoms with Crippen LogP contribution in [-0.4, -0.2) is 38.9 Å². The molecule has 0 radical (unpaired) electrons. The van der Waals surface area contributed by atoms with Gasteiger partial charge in [-0.25, -0.2) is 8.42 Å². The van der Waals surface area contributed by atoms with E-state index in [1.165, 1.54) is 0 Å². The van der Waals surface area contributed by atoms with Crippen molar-refractivity contribution in [2.24, 2.45) is 0 Å². The van der Waals surface area contributed by atoms with Crippen molar-refractivity contribution in [3.05, 3.63) is 62.6 Å². The van der Waals surface area contributed by atoms with Crippen LogP contribution in [0.4, 0.5) is 5.69 Å². The van der Waals surface area contributed by atoms with E-state index in [-0.39, 0.29) is 0 Å². The molecule has 2 rings (SSSR count). The summed E-state index contributed by atoms with van der Waals surface area (Å²) in [7, 11) is -3.70. The molecule has 1 amide bonds. The van der Waals surface area contributed by atoms with Crippen molar-refractivity contribution in [1.82, 2.24) is 5.32 Å². The number of nitrogens with zero attached hydrogens (tertiary/aromatic N) is 1. The zero-order valence-electron chi connectivity index (χ0n) is 16.8. The summed E-state index contributed by atoms with van der Waals surface area (Å²) in [5, 5.41) is 4.39. The van der Waals surface area contributed by atoms with E-state index in [0.29, 0.717) is 44.4 Å². The molecule has 0 aliphatic carbocycles. The smallest absolute Gasteiger partial charge is 0.243 e. The number of rotatable bonds is 9. The van der Waals surface area contributed by atoms with Crippen molar-refractivity contribution in [2.45, 2.75) is 25.6 Å². The molecule has 0 bridgehead atoms. The SMILES string of the molecule is Cc1ccc(Cl)cc1N([C@@H](C)C(=O)NCCSCc1c(Cl)cccc1Cl)S(C)(=O)=O. The van der Waals surface area contributed by atoms with Gasteiger partial charge in [-0.15, -0.1) is 0 Å². The van der Waals surface area contributed by atoms with Crippen LogP contribution in [0.25, 0.3) is 0 Å². The van der Waals surface area contributed by atoms with Crippen LogP contribution < -0.4 is 9.62 Å². The van der Waals surface area contributed by atoms with Gasteiger partial charge in [-0.05, 0) is 49.2 Å². The molecule has 0 aromatic heterocycles. The summed E-state index contributed by atoms with van der Waals surface area (Å²) in [5.74, 6) is 0.840. The van der Waals surface area contributed by atoms with Crippen LogP contribution in [0.15, 0.2) is 36.4 Å². The van der Waals surface area contributed by atoms with E-state index < -0.39 is 22.0 Å². The number of halogens is 3. The fraction of sp³-hybridized carbons (Fsp3) is 0.350. The van der Waals surface area contributed by atoms with Crippen molar-refractivity contribution in [3.8, 4) is 0 Å². The van der Waals surface area contributed by atoms with Gasteiger partial charge in [0.05, 0.1) is 11.9 Å². The first-order valence-electron chi connectivity index (χ1n) is 9.06. The molecule has 0 saturated heterocycles. The Hall–Kier alpha value is -1.12. The van der Waals surface area contributed by atoms with Gasteiger partial charge in [-0.1, -0.05) is 46.9 Å². The van der Waals surface area contributed by atoms with E-state index in [2.05, 4.69) is 5.32 Å². The van der Waals surface area contributed by atoms with E-state index in [9.17, 15) is 13.2 Å². The molecule has 164 valence electrons. The minimum atomic E-state index is -3.70. The number of anilines is 1. The topological polar surface area (TPSA) is 66.5 Å². The Kier molecular flexibility index (Phi) is 9.18. The molecule has 0 heterocycles. The number of hydrogen-bond acceptors (Lipinski definition) is 4. The Morgan fingerprint density at radius 1 is 1.17 bits per heavy atom. The highest BCUT2D eigenvalue weighted by atomic mass is 35.5. The zero-order valence-corrected chi connectivity index (χ0v) is 20.7. The molecule has 10 heteroatoms. The van der Waals surface area contributed by atoms with E-state index in [0.717, 1.165) is 16.1 Å². The number of benzene rings is 2. The fourth-order valence-corrected chi connectivity index (χ4v) is 5.83. The Morgan fingerprint density at radius 3 is 2.40 bits per heavy atom. The molecular formula is C20H23Cl3N2O3S2. The van der Waals surface area contributed by atoms with Crippen LogP contribution in [0.5, 0.6) is 0 Å². The predicted octanol–water partition coefficient (Wildman–Crippen LogP) is 5.16. The normalized spacial score (nSPS) is 12.5. The van der Waals surface area contributed by atoms with Crippen LogP contribution >= 0.6 is 46.6 Å². The lowest BCUT2D eigenvalue weighted by molar-refractivity contribution is -0.121. The van der Waals surface area contributed by atoms with Crippen LogP contribution in [0, 0.1) is 6.92 Å². The molecule has 0 spiro atoms. The Morgan fingerprint density at radius 2 is 1.80 bits per heavy atom. The van der Waals surface area contributed by atoms with Gasteiger partial charge in [0, 0.05) is 33.1 Å². The van der Waals surface area contributed by atoms with E-state index in [4.69, 9.17) is 34.8 Å². The Labute approximate surface area is 197 Å². The summed E-state index contributed by atoms with van der Waals surface area (Å²) in [6.07, 6.45) is 1.07. The first-order valence-corrected chi connectivity index (χ1v) is 13.2. The van der Waals surface area contributed by atoms with Crippen molar-refractivity contribution in [2.75, 3.05) is 22.9 Å². The number of carbonyl (C=O) groups is 1. The quantitative estimate of drug-likeness (QED) is 0.474. The number of hydrogen-bond donors (Lipinski definition) is 1. The molecule has 0 aliphatic rings. The van der Waals surface area contributed by atoms with Gasteiger partial charge in [0.2, 0.25) is 15.9 Å². The second-order valence-electron chi connectivity index (χ2n) is 6.71. The molecule has 2 aromatic rings. The maximum absolute atomic E-state index is 12.6. The highest BCUT2D eigenvalue weighted by Gasteiger charge is 2.30. The molecule has 1 atom stereocenters. The third-order valence-electron chi connectivity index (χ3n) is 4.35. The van der Waals surface area contributed by atoms with Gasteiger partial charge in [0.1, 0.15) is 6.04 Å². The van der Waals surface area contributed by atoms with Crippen LogP contribution in [0.2, 0.25) is 15.1 Å². The van der Waals surface area contributed by atoms with Crippen LogP contribution in [0.3, 0.4) is 0 Å². The number of thioether (sulfide) groups is 1. The van der Waals surface area contributed by atoms with Crippen molar-refractivity contribution in [3.63, 3.8) is 0 Å². The van der Waals surface area contributed by atoms with E-state index >= 15 is 0 Å². The summed E-state index contributed by atoms with van der Waals surface area (Å²) in [5.41, 5.74) is 1.94. The summed E-state index contributed by atoms with van der Waals surface area (Å²) >= 11 is 19.9. The lowest BCUT2D eigenvalue weighted by Gasteiger charge is -2.29. The summed E-state index contributed by atoms with van der Waals surface area (Å²) in [6.45, 7) is 3.69. The molecule has 2 aromatic carbocycles. The number of nitrogens with one attached hydrogen (secondary N) is 1. The maximum Gasteiger partial charge on any atom is 0.243 e. The number of amides is 1. The molecule has 0 aliphatic heterocycles. The molecule has 5 nitrogen and oxygen atoms in total. The van der Waals surface area contributed by atoms with Crippen molar-refractivity contribution >= 4 is 68.2 Å². The van der Waals surface area contributed by atoms with Crippen LogP contribution in [0.1, 0.15) is 18.1 Å². The lowest BCUT2D eigenvalue weighted by Crippen LogP contribution is -2.48. The lowest BCUT2D eigenvalue weighted by atomic mass is 10.2. The monoisotopic (exact) mass is 508 g/mol. The second kappa shape index (κ2) is 11.0. The number of sulfonamides is 1. The van der Waals surface area contributed by atoms with Crippen LogP contribution in [-0.2, 0) is 20.6 Å². The molecule has 30 heavy (non-hydrogen) atoms. The zero-order chi connectivity index (χ0) is 22.5. The van der Waals surface area contributed by atoms with Gasteiger partial charge in [0.15, 0.2) is 0 Å². The number of aryl methyl sites for hydroxylation is 1. The van der Waals surface area contributed by atoms with Crippen molar-refractivity contribution < 1.29 is 13.2 Å². The third kappa shape index (κ3) is 6.69. The van der Waals surface area contributed by atoms with Gasteiger partial charge in [-0.3, -0.25) is 9.10 Å². The Balaban J connectivity index is 1.98. The highest BCUT2D eigenvalue weighted by Crippen LogP contribution is 2.29. The Bertz CT molecular complexity index is 996. The highest BCUT2D eigenvalue weighted by molar-refractivity contribution is 7.98. The average molecular weight is 510 g/mol. The van der Waals surface area contributed by atoms with Crippen molar-refractivity contribution in [1.29, 1.82) is 0 Å². The largest absolute Gasteiger partial charge is 0.353 e. The summed E-state index contributed by atoms with van der Waals surface area (Å²) in [6, 6.07) is 9.36. The maximum atomic E-state index is 12.6. The van der Waals surface area contributed by atoms with Gasteiger partial charge >= 0.3 is 0 Å². The first kappa shape index (κ1) is 25.1. The molecule has 0 unspecified atom stereocenters. The number of carbonyl (C=O) groups excluding carboxylic acids is 1. The fourth-order valence-electron chi connectivity index (χ4n) is 2.84. The minimum absolute atomic E-state index is 0.377. The summed E-state index contributed by atoms with van der Waals surface area (Å²) in [4.78, 5) is 12.6. The molecule has 1 N–H and O–H groups in total. The first-order chi connectivity index (χ1) is 14.0. The summed E-state index contributed by atoms with van der Waals surface area (Å²) < 4.78 is 25.9. The molecule has 0 fully saturated rings. The second-order valence-corrected chi connectivity index (χ2v) is 10.9. The van der Waals surface area contributed by atoms with Gasteiger partial charge < -0.3 is 5.32 Å². The standard InChI is InChI=1S/C20H23Cl3N2O3S2/c1-13-7-8-15(21)11-19(13)25(30(3,27)28)14(2)20(26)24-9-10-29-12-16-17(22)5-4-6-18(16)23/h4-8,11,14H,9-10,12H2,1-3H3,(H,24,26)/t14-/m0/s1. The predicted molar refractivity (Wildman–Crippen MR) is 129 cm³/mol. The van der Waals surface area contributed by atoms with Gasteiger partial charge in [0.25, 0.3) is 0 Å². The average Bonchev–Trinajstić information content (AvgIpc) is 2.65. The molecule has 0 saturated carbocycles. The van der Waals surface area contributed by atoms with E-state index in [1.807, 2.05) is 0 Å². The minimum Gasteiger partial charge on any atom is -0.353 e.